The van der Waals surface area contributed by atoms with Gasteiger partial charge in [-0.3, -0.25) is 9.59 Å². The van der Waals surface area contributed by atoms with Crippen LogP contribution in [-0.2, 0) is 68.9 Å². The Balaban J connectivity index is -0.00000107. The number of carbonyl (C=O) groups excluding carboxylic acids is 5. The number of aliphatic carboxylic acids is 1. The summed E-state index contributed by atoms with van der Waals surface area (Å²) in [5.74, 6) is 2.76. The first-order valence-electron chi connectivity index (χ1n) is 27.4. The normalized spacial score (nSPS) is 17.4. The Kier molecular flexibility index (Phi) is 49.8. The molecule has 0 aromatic heterocycles. The summed E-state index contributed by atoms with van der Waals surface area (Å²) in [7, 11) is -6.33. The number of nitrogens with two attached hydrogens (primary N) is 1. The number of carboxylic acid groups (broad SMARTS) is 1. The number of alkyl carbamates (subject to hydrolysis) is 3. The van der Waals surface area contributed by atoms with E-state index in [0.29, 0.717) is 55.2 Å². The van der Waals surface area contributed by atoms with E-state index in [2.05, 4.69) is 29.8 Å². The van der Waals surface area contributed by atoms with Crippen LogP contribution in [-0.4, -0.2) is 122 Å². The molecule has 3 saturated carbocycles. The van der Waals surface area contributed by atoms with Gasteiger partial charge in [0.2, 0.25) is 0 Å². The monoisotopic (exact) mass is 1340 g/mol. The third-order valence-electron chi connectivity index (χ3n) is 13.6. The van der Waals surface area contributed by atoms with Gasteiger partial charge in [-0.05, 0) is 116 Å². The maximum Gasteiger partial charge on any atom is 0.425 e. The topological polar surface area (TPSA) is 298 Å². The highest BCUT2D eigenvalue weighted by Gasteiger charge is 2.29. The number of ether oxygens (including phenoxy) is 3. The first-order valence-corrected chi connectivity index (χ1v) is 33.3. The minimum absolute atomic E-state index is 0. The summed E-state index contributed by atoms with van der Waals surface area (Å²) in [5.41, 5.74) is 8.26. The largest absolute Gasteiger partial charge is 0.480 e. The number of Topliss-reactive ketones (excluding diaryl/α,β-unsaturated/α-hetero) is 2. The second-order valence-electron chi connectivity index (χ2n) is 20.8. The molecule has 0 bridgehead atoms. The quantitative estimate of drug-likeness (QED) is 0.0493. The Labute approximate surface area is 541 Å². The zero-order chi connectivity index (χ0) is 60.0. The van der Waals surface area contributed by atoms with Crippen molar-refractivity contribution in [2.75, 3.05) is 36.0 Å². The average molecular weight is 1350 g/mol. The van der Waals surface area contributed by atoms with Gasteiger partial charge in [-0.15, -0.1) is 25.0 Å². The Bertz CT molecular complexity index is 2530. The van der Waals surface area contributed by atoms with Gasteiger partial charge in [-0.25, -0.2) is 27.6 Å². The second-order valence-corrected chi connectivity index (χ2v) is 25.4. The Morgan fingerprint density at radius 3 is 1.25 bits per heavy atom. The number of carbonyl (C=O) groups is 6. The lowest BCUT2D eigenvalue weighted by Crippen LogP contribution is -2.42. The standard InChI is InChI=1S/C20H29NO3S.C19H27NO5S.C13H17NO4S.C6H13N.ClH.O3S.3H2S/c1-15-8-9-17(12-15)13-19(22)18(10-11-25-2)21-20(23)24-14-16-6-4-3-5-7-16;1-26(23,24)12-11-17(18(21)13-15-7-5-6-8-15)20-19(22)25-14-16-9-3-2-4-10-16;1-19-8-7-11(12(15)16)14-13(17)18-9-10-5-3-2-4-6-10;1-5-2-3-6(7)4-5;;1-4(2)3;;;/h3-7,15,17-18H,8-14H2,1-2H3,(H,21,23);2-4,9-10,15,17H,5-8,11-14H2,1H3,(H,20,22);2-6,11H,7-9H2,1H3,(H,14,17)(H,15,16);5-6H,2-4,7H2,1H3;1H;;3*1H2/t15?,17?,18-;17-;11-;;;;;;/m000....../s1. The highest BCUT2D eigenvalue weighted by molar-refractivity contribution is 7.98. The number of amides is 3. The molecule has 0 heterocycles. The van der Waals surface area contributed by atoms with E-state index in [1.165, 1.54) is 37.4 Å². The molecule has 3 aromatic carbocycles. The minimum Gasteiger partial charge on any atom is -0.480 e. The van der Waals surface area contributed by atoms with Crippen LogP contribution in [0.2, 0.25) is 0 Å². The Hall–Kier alpha value is -4.15. The van der Waals surface area contributed by atoms with Crippen LogP contribution in [0.1, 0.15) is 127 Å². The summed E-state index contributed by atoms with van der Waals surface area (Å²) in [5, 5.41) is 16.6. The van der Waals surface area contributed by atoms with Gasteiger partial charge in [-0.2, -0.15) is 64.0 Å². The number of sulfone groups is 1. The number of rotatable bonds is 25. The van der Waals surface area contributed by atoms with Crippen LogP contribution in [0.25, 0.3) is 0 Å². The molecule has 19 nitrogen and oxygen atoms in total. The highest BCUT2D eigenvalue weighted by atomic mass is 35.5. The van der Waals surface area contributed by atoms with Crippen LogP contribution < -0.4 is 21.7 Å². The predicted molar refractivity (Wildman–Crippen MR) is 355 cm³/mol. The van der Waals surface area contributed by atoms with E-state index in [0.717, 1.165) is 73.1 Å². The number of ketones is 2. The number of hydrogen-bond donors (Lipinski definition) is 5. The zero-order valence-electron chi connectivity index (χ0n) is 49.4. The number of benzene rings is 3. The fourth-order valence-electron chi connectivity index (χ4n) is 9.24. The number of thioether (sulfide) groups is 2. The van der Waals surface area contributed by atoms with E-state index < -0.39 is 62.8 Å². The fourth-order valence-corrected chi connectivity index (χ4v) is 10.8. The average Bonchev–Trinajstić information content (AvgIpc) is 4.30. The molecule has 3 aliphatic carbocycles. The van der Waals surface area contributed by atoms with Crippen molar-refractivity contribution in [3.8, 4) is 0 Å². The van der Waals surface area contributed by atoms with Crippen molar-refractivity contribution >= 4 is 133 Å². The molecule has 4 unspecified atom stereocenters. The fraction of sp³-hybridized carbons (Fsp3) is 0.586. The SMILES string of the molecule is CC1CCC(N)C1.CS(=O)(=O)CC[C@H](NC(=O)OCc1ccccc1)C(=O)CC1CCCC1.CSCC[C@H](NC(=O)OCc1ccccc1)C(=O)CC1CCC(C)C1.CSCC[C@H](NC(=O)OCc1ccccc1)C(=O)O.Cl.O=S(=O)=O.S.S.S. The third kappa shape index (κ3) is 43.2. The number of hydrogen-bond acceptors (Lipinski definition) is 17. The lowest BCUT2D eigenvalue weighted by atomic mass is 9.95. The maximum atomic E-state index is 12.6. The zero-order valence-corrected chi connectivity index (χ0v) is 56.5. The van der Waals surface area contributed by atoms with Crippen LogP contribution in [0, 0.1) is 23.7 Å². The number of nitrogens with one attached hydrogen (secondary N) is 3. The Morgan fingerprint density at radius 2 is 0.929 bits per heavy atom. The van der Waals surface area contributed by atoms with Crippen molar-refractivity contribution in [3.63, 3.8) is 0 Å². The van der Waals surface area contributed by atoms with Crippen molar-refractivity contribution in [2.24, 2.45) is 29.4 Å². The molecule has 484 valence electrons. The van der Waals surface area contributed by atoms with Crippen molar-refractivity contribution in [2.45, 2.75) is 154 Å². The van der Waals surface area contributed by atoms with Crippen LogP contribution in [0.5, 0.6) is 0 Å². The molecule has 0 spiro atoms. The van der Waals surface area contributed by atoms with Gasteiger partial charge >= 0.3 is 34.9 Å². The third-order valence-corrected chi connectivity index (χ3v) is 15.8. The molecule has 7 atom stereocenters. The smallest absolute Gasteiger partial charge is 0.425 e. The summed E-state index contributed by atoms with van der Waals surface area (Å²) in [6.07, 6.45) is 16.7. The van der Waals surface area contributed by atoms with Crippen molar-refractivity contribution in [1.29, 1.82) is 0 Å². The molecule has 3 amide bonds. The molecule has 3 aromatic rings. The van der Waals surface area contributed by atoms with E-state index >= 15 is 0 Å². The summed E-state index contributed by atoms with van der Waals surface area (Å²) < 4.78 is 63.6. The molecule has 6 N–H and O–H groups in total. The summed E-state index contributed by atoms with van der Waals surface area (Å²) in [6, 6.07) is 26.3. The molecule has 0 radical (unpaired) electrons. The molecule has 3 fully saturated rings. The molecule has 85 heavy (non-hydrogen) atoms. The lowest BCUT2D eigenvalue weighted by molar-refractivity contribution is -0.139. The summed E-state index contributed by atoms with van der Waals surface area (Å²) >= 11 is 3.21. The van der Waals surface area contributed by atoms with Gasteiger partial charge in [-0.1, -0.05) is 137 Å². The van der Waals surface area contributed by atoms with E-state index in [1.54, 1.807) is 11.8 Å². The molecule has 0 saturated heterocycles. The molecule has 27 heteroatoms. The summed E-state index contributed by atoms with van der Waals surface area (Å²) in [6.45, 7) is 4.96. The van der Waals surface area contributed by atoms with Gasteiger partial charge in [0, 0.05) is 25.1 Å². The van der Waals surface area contributed by atoms with Gasteiger partial charge in [0.25, 0.3) is 0 Å². The van der Waals surface area contributed by atoms with E-state index in [4.69, 9.17) is 37.7 Å². The highest BCUT2D eigenvalue weighted by Crippen LogP contribution is 2.33. The van der Waals surface area contributed by atoms with Gasteiger partial charge in [0.05, 0.1) is 17.8 Å². The van der Waals surface area contributed by atoms with E-state index in [-0.39, 0.29) is 96.5 Å². The number of carboxylic acids is 1. The van der Waals surface area contributed by atoms with E-state index in [9.17, 15) is 37.2 Å². The van der Waals surface area contributed by atoms with Gasteiger partial charge in [0.1, 0.15) is 35.7 Å². The molecular weight excluding hydrogens is 1250 g/mol. The minimum atomic E-state index is -3.22. The first-order chi connectivity index (χ1) is 38.6. The van der Waals surface area contributed by atoms with Crippen LogP contribution in [0.3, 0.4) is 0 Å². The van der Waals surface area contributed by atoms with Gasteiger partial charge < -0.3 is 41.0 Å². The van der Waals surface area contributed by atoms with Crippen molar-refractivity contribution in [1.82, 2.24) is 16.0 Å². The lowest BCUT2D eigenvalue weighted by Gasteiger charge is -2.19. The van der Waals surface area contributed by atoms with Gasteiger partial charge in [0.15, 0.2) is 11.6 Å². The molecular formula is C58H93ClN4O15S7. The predicted octanol–water partition coefficient (Wildman–Crippen LogP) is 10.3. The van der Waals surface area contributed by atoms with Crippen molar-refractivity contribution < 1.29 is 69.1 Å². The number of halogens is 1. The maximum absolute atomic E-state index is 12.6. The molecule has 0 aliphatic heterocycles. The van der Waals surface area contributed by atoms with E-state index in [1.807, 2.05) is 104 Å². The molecule has 3 aliphatic rings. The molecule has 6 rings (SSSR count). The van der Waals surface area contributed by atoms with Crippen LogP contribution >= 0.6 is 76.4 Å². The first kappa shape index (κ1) is 85.1. The van der Waals surface area contributed by atoms with Crippen LogP contribution in [0.4, 0.5) is 14.4 Å². The van der Waals surface area contributed by atoms with Crippen LogP contribution in [0.15, 0.2) is 91.0 Å². The van der Waals surface area contributed by atoms with Crippen molar-refractivity contribution in [3.05, 3.63) is 108 Å². The Morgan fingerprint density at radius 1 is 0.576 bits per heavy atom. The summed E-state index contributed by atoms with van der Waals surface area (Å²) in [4.78, 5) is 71.8. The second kappa shape index (κ2) is 49.8.